The monoisotopic (exact) mass is 153 g/mol. The van der Waals surface area contributed by atoms with E-state index in [9.17, 15) is 0 Å². The number of hydrogen-bond acceptors (Lipinski definition) is 1. The summed E-state index contributed by atoms with van der Waals surface area (Å²) < 4.78 is 0. The Bertz CT molecular complexity index is 136. The summed E-state index contributed by atoms with van der Waals surface area (Å²) in [6, 6.07) is 0. The summed E-state index contributed by atoms with van der Waals surface area (Å²) in [5.74, 6) is 0.676. The number of hydrogen-bond donors (Lipinski definition) is 0. The minimum atomic E-state index is 0.676. The van der Waals surface area contributed by atoms with Crippen molar-refractivity contribution in [1.82, 2.24) is 4.90 Å². The molecule has 0 aliphatic heterocycles. The SMILES string of the molecule is C=CC(=C)CC(C)CN(C)C. The Kier molecular flexibility index (Phi) is 4.88. The molecule has 0 aliphatic rings. The standard InChI is InChI=1S/C10H19N/c1-6-9(2)7-10(3)8-11(4)5/h6,10H,1-2,7-8H2,3-5H3. The quantitative estimate of drug-likeness (QED) is 0.548. The fourth-order valence-corrected chi connectivity index (χ4v) is 1.22. The highest BCUT2D eigenvalue weighted by atomic mass is 15.1. The Balaban J connectivity index is 3.59. The van der Waals surface area contributed by atoms with Gasteiger partial charge in [-0.2, -0.15) is 0 Å². The zero-order valence-electron chi connectivity index (χ0n) is 7.93. The Hall–Kier alpha value is -0.560. The maximum atomic E-state index is 3.88. The highest BCUT2D eigenvalue weighted by molar-refractivity contribution is 5.11. The maximum absolute atomic E-state index is 3.88. The Morgan fingerprint density at radius 3 is 2.45 bits per heavy atom. The largest absolute Gasteiger partial charge is 0.309 e. The van der Waals surface area contributed by atoms with Crippen molar-refractivity contribution in [3.8, 4) is 0 Å². The van der Waals surface area contributed by atoms with E-state index < -0.39 is 0 Å². The lowest BCUT2D eigenvalue weighted by Gasteiger charge is -2.16. The molecule has 0 bridgehead atoms. The summed E-state index contributed by atoms with van der Waals surface area (Å²) in [5.41, 5.74) is 1.14. The lowest BCUT2D eigenvalue weighted by atomic mass is 10.0. The minimum Gasteiger partial charge on any atom is -0.309 e. The molecule has 0 spiro atoms. The molecule has 1 nitrogen and oxygen atoms in total. The van der Waals surface area contributed by atoms with E-state index >= 15 is 0 Å². The average Bonchev–Trinajstić information content (AvgIpc) is 1.85. The van der Waals surface area contributed by atoms with Gasteiger partial charge in [0.1, 0.15) is 0 Å². The average molecular weight is 153 g/mol. The lowest BCUT2D eigenvalue weighted by Crippen LogP contribution is -2.19. The predicted molar refractivity (Wildman–Crippen MR) is 51.7 cm³/mol. The highest BCUT2D eigenvalue weighted by Crippen LogP contribution is 2.10. The van der Waals surface area contributed by atoms with E-state index in [4.69, 9.17) is 0 Å². The first-order valence-corrected chi connectivity index (χ1v) is 4.01. The molecular weight excluding hydrogens is 134 g/mol. The molecule has 0 N–H and O–H groups in total. The third kappa shape index (κ3) is 5.86. The first-order valence-electron chi connectivity index (χ1n) is 4.01. The summed E-state index contributed by atoms with van der Waals surface area (Å²) >= 11 is 0. The molecule has 11 heavy (non-hydrogen) atoms. The summed E-state index contributed by atoms with van der Waals surface area (Å²) in [6.45, 7) is 10.9. The van der Waals surface area contributed by atoms with Gasteiger partial charge < -0.3 is 4.90 Å². The third-order valence-corrected chi connectivity index (χ3v) is 1.58. The molecule has 1 heteroatoms. The van der Waals surface area contributed by atoms with Gasteiger partial charge >= 0.3 is 0 Å². The van der Waals surface area contributed by atoms with E-state index in [-0.39, 0.29) is 0 Å². The van der Waals surface area contributed by atoms with Crippen molar-refractivity contribution in [3.63, 3.8) is 0 Å². The van der Waals surface area contributed by atoms with Crippen LogP contribution in [-0.2, 0) is 0 Å². The zero-order chi connectivity index (χ0) is 8.85. The fraction of sp³-hybridized carbons (Fsp3) is 0.600. The van der Waals surface area contributed by atoms with Gasteiger partial charge in [0.25, 0.3) is 0 Å². The number of allylic oxidation sites excluding steroid dienone is 2. The van der Waals surface area contributed by atoms with Crippen molar-refractivity contribution in [1.29, 1.82) is 0 Å². The normalized spacial score (nSPS) is 13.1. The molecule has 0 rings (SSSR count). The molecule has 64 valence electrons. The van der Waals surface area contributed by atoms with E-state index in [0.29, 0.717) is 5.92 Å². The molecule has 1 atom stereocenters. The first kappa shape index (κ1) is 10.4. The first-order chi connectivity index (χ1) is 5.06. The van der Waals surface area contributed by atoms with Crippen LogP contribution in [0.3, 0.4) is 0 Å². The van der Waals surface area contributed by atoms with E-state index in [2.05, 4.69) is 39.1 Å². The molecule has 0 heterocycles. The van der Waals surface area contributed by atoms with Crippen LogP contribution in [0.15, 0.2) is 24.8 Å². The second-order valence-corrected chi connectivity index (χ2v) is 3.43. The molecule has 1 unspecified atom stereocenters. The van der Waals surface area contributed by atoms with E-state index in [0.717, 1.165) is 18.5 Å². The van der Waals surface area contributed by atoms with Gasteiger partial charge in [-0.15, -0.1) is 0 Å². The third-order valence-electron chi connectivity index (χ3n) is 1.58. The molecule has 0 aromatic carbocycles. The van der Waals surface area contributed by atoms with Gasteiger partial charge in [0, 0.05) is 6.54 Å². The topological polar surface area (TPSA) is 3.24 Å². The molecule has 0 fully saturated rings. The van der Waals surface area contributed by atoms with Gasteiger partial charge in [-0.05, 0) is 26.4 Å². The van der Waals surface area contributed by atoms with Crippen LogP contribution in [0.4, 0.5) is 0 Å². The van der Waals surface area contributed by atoms with Gasteiger partial charge in [0.2, 0.25) is 0 Å². The van der Waals surface area contributed by atoms with Gasteiger partial charge in [0.15, 0.2) is 0 Å². The smallest absolute Gasteiger partial charge is 0.000409 e. The Labute approximate surface area is 70.4 Å². The van der Waals surface area contributed by atoms with Crippen molar-refractivity contribution < 1.29 is 0 Å². The molecular formula is C10H19N. The molecule has 0 aromatic rings. The number of nitrogens with zero attached hydrogens (tertiary/aromatic N) is 1. The molecule has 0 saturated carbocycles. The van der Waals surface area contributed by atoms with Crippen LogP contribution in [0.25, 0.3) is 0 Å². The highest BCUT2D eigenvalue weighted by Gasteiger charge is 2.03. The molecule has 0 aliphatic carbocycles. The zero-order valence-corrected chi connectivity index (χ0v) is 7.93. The second-order valence-electron chi connectivity index (χ2n) is 3.43. The number of rotatable bonds is 5. The molecule has 0 aromatic heterocycles. The van der Waals surface area contributed by atoms with Gasteiger partial charge in [-0.3, -0.25) is 0 Å². The van der Waals surface area contributed by atoms with Crippen LogP contribution >= 0.6 is 0 Å². The maximum Gasteiger partial charge on any atom is 0.000409 e. The predicted octanol–water partition coefficient (Wildman–Crippen LogP) is 2.32. The summed E-state index contributed by atoms with van der Waals surface area (Å²) in [4.78, 5) is 2.20. The van der Waals surface area contributed by atoms with Crippen molar-refractivity contribution in [2.45, 2.75) is 13.3 Å². The fourth-order valence-electron chi connectivity index (χ4n) is 1.22. The van der Waals surface area contributed by atoms with Crippen LogP contribution in [-0.4, -0.2) is 25.5 Å². The van der Waals surface area contributed by atoms with E-state index in [1.54, 1.807) is 0 Å². The molecule has 0 radical (unpaired) electrons. The van der Waals surface area contributed by atoms with E-state index in [1.807, 2.05) is 6.08 Å². The van der Waals surface area contributed by atoms with Crippen molar-refractivity contribution in [2.24, 2.45) is 5.92 Å². The summed E-state index contributed by atoms with van der Waals surface area (Å²) in [6.07, 6.45) is 2.90. The van der Waals surface area contributed by atoms with E-state index in [1.165, 1.54) is 0 Å². The van der Waals surface area contributed by atoms with Gasteiger partial charge in [0.05, 0.1) is 0 Å². The van der Waals surface area contributed by atoms with Crippen molar-refractivity contribution >= 4 is 0 Å². The van der Waals surface area contributed by atoms with Crippen molar-refractivity contribution in [2.75, 3.05) is 20.6 Å². The van der Waals surface area contributed by atoms with Crippen molar-refractivity contribution in [3.05, 3.63) is 24.8 Å². The van der Waals surface area contributed by atoms with Crippen LogP contribution in [0.1, 0.15) is 13.3 Å². The Morgan fingerprint density at radius 2 is 2.09 bits per heavy atom. The summed E-state index contributed by atoms with van der Waals surface area (Å²) in [7, 11) is 4.18. The Morgan fingerprint density at radius 1 is 1.55 bits per heavy atom. The summed E-state index contributed by atoms with van der Waals surface area (Å²) in [5, 5.41) is 0. The van der Waals surface area contributed by atoms with Crippen LogP contribution < -0.4 is 0 Å². The van der Waals surface area contributed by atoms with Crippen LogP contribution in [0.5, 0.6) is 0 Å². The van der Waals surface area contributed by atoms with Crippen LogP contribution in [0, 0.1) is 5.92 Å². The molecule has 0 amide bonds. The van der Waals surface area contributed by atoms with Gasteiger partial charge in [-0.25, -0.2) is 0 Å². The van der Waals surface area contributed by atoms with Gasteiger partial charge in [-0.1, -0.05) is 31.7 Å². The second kappa shape index (κ2) is 5.14. The minimum absolute atomic E-state index is 0.676. The van der Waals surface area contributed by atoms with Crippen LogP contribution in [0.2, 0.25) is 0 Å². The molecule has 0 saturated heterocycles. The lowest BCUT2D eigenvalue weighted by molar-refractivity contribution is 0.339.